The summed E-state index contributed by atoms with van der Waals surface area (Å²) in [6.07, 6.45) is 1.49. The predicted octanol–water partition coefficient (Wildman–Crippen LogP) is 0.927. The van der Waals surface area contributed by atoms with Crippen LogP contribution in [-0.2, 0) is 16.0 Å². The van der Waals surface area contributed by atoms with Crippen LogP contribution in [0.2, 0.25) is 0 Å². The first kappa shape index (κ1) is 19.4. The van der Waals surface area contributed by atoms with E-state index < -0.39 is 11.8 Å². The minimum atomic E-state index is -0.807. The molecule has 0 unspecified atom stereocenters. The van der Waals surface area contributed by atoms with E-state index in [1.807, 2.05) is 20.8 Å². The summed E-state index contributed by atoms with van der Waals surface area (Å²) in [5.41, 5.74) is 0.927. The van der Waals surface area contributed by atoms with Crippen LogP contribution in [0.3, 0.4) is 0 Å². The number of hydrogen-bond acceptors (Lipinski definition) is 5. The predicted molar refractivity (Wildman–Crippen MR) is 97.2 cm³/mol. The van der Waals surface area contributed by atoms with Crippen LogP contribution in [0.15, 0.2) is 16.9 Å². The summed E-state index contributed by atoms with van der Waals surface area (Å²) in [5.74, 6) is -0.866. The fourth-order valence-electron chi connectivity index (χ4n) is 2.28. The van der Waals surface area contributed by atoms with Gasteiger partial charge < -0.3 is 10.6 Å². The lowest BCUT2D eigenvalue weighted by molar-refractivity contribution is -0.136. The zero-order valence-corrected chi connectivity index (χ0v) is 15.4. The number of carbonyl (C=O) groups excluding carboxylic acids is 2. The molecule has 26 heavy (non-hydrogen) atoms. The lowest BCUT2D eigenvalue weighted by Gasteiger charge is -2.10. The van der Waals surface area contributed by atoms with Gasteiger partial charge in [0.25, 0.3) is 5.56 Å². The molecule has 2 amide bonds. The summed E-state index contributed by atoms with van der Waals surface area (Å²) >= 11 is 0. The molecule has 0 aliphatic carbocycles. The Morgan fingerprint density at radius 1 is 1.27 bits per heavy atom. The van der Waals surface area contributed by atoms with Crippen molar-refractivity contribution >= 4 is 17.6 Å². The largest absolute Gasteiger partial charge is 0.348 e. The molecule has 2 aromatic heterocycles. The molecule has 140 valence electrons. The zero-order valence-electron chi connectivity index (χ0n) is 15.4. The van der Waals surface area contributed by atoms with E-state index in [1.54, 1.807) is 13.0 Å². The Balaban J connectivity index is 2.27. The van der Waals surface area contributed by atoms with Gasteiger partial charge in [0.1, 0.15) is 5.82 Å². The highest BCUT2D eigenvalue weighted by Gasteiger charge is 2.18. The van der Waals surface area contributed by atoms with Gasteiger partial charge in [0.05, 0.1) is 5.69 Å². The second-order valence-corrected chi connectivity index (χ2v) is 6.45. The van der Waals surface area contributed by atoms with Crippen molar-refractivity contribution in [1.82, 2.24) is 25.1 Å². The molecule has 0 saturated heterocycles. The highest BCUT2D eigenvalue weighted by molar-refractivity contribution is 6.39. The maximum atomic E-state index is 12.1. The van der Waals surface area contributed by atoms with Crippen LogP contribution in [0.4, 0.5) is 5.82 Å². The van der Waals surface area contributed by atoms with Crippen LogP contribution in [-0.4, -0.2) is 38.1 Å². The van der Waals surface area contributed by atoms with Gasteiger partial charge in [0.2, 0.25) is 5.95 Å². The SMILES string of the molecule is CCCc1cc(=O)[nH]c(-n2nc(C)cc2NC(=O)C(=O)NCC(C)C)n1. The van der Waals surface area contributed by atoms with Gasteiger partial charge in [-0.25, -0.2) is 4.98 Å². The summed E-state index contributed by atoms with van der Waals surface area (Å²) in [7, 11) is 0. The molecule has 2 rings (SSSR count). The van der Waals surface area contributed by atoms with E-state index in [0.29, 0.717) is 24.4 Å². The fourth-order valence-corrected chi connectivity index (χ4v) is 2.28. The Kier molecular flexibility index (Phi) is 6.26. The quantitative estimate of drug-likeness (QED) is 0.662. The number of H-pyrrole nitrogens is 1. The summed E-state index contributed by atoms with van der Waals surface area (Å²) in [5, 5.41) is 9.31. The number of nitrogens with zero attached hydrogens (tertiary/aromatic N) is 3. The molecule has 0 aliphatic heterocycles. The Morgan fingerprint density at radius 3 is 2.65 bits per heavy atom. The molecule has 2 heterocycles. The minimum Gasteiger partial charge on any atom is -0.348 e. The molecule has 0 bridgehead atoms. The van der Waals surface area contributed by atoms with Crippen molar-refractivity contribution in [2.24, 2.45) is 5.92 Å². The van der Waals surface area contributed by atoms with Crippen LogP contribution in [0.5, 0.6) is 0 Å². The summed E-state index contributed by atoms with van der Waals surface area (Å²) in [6, 6.07) is 3.03. The summed E-state index contributed by atoms with van der Waals surface area (Å²) in [4.78, 5) is 42.8. The first-order valence-corrected chi connectivity index (χ1v) is 8.56. The van der Waals surface area contributed by atoms with Gasteiger partial charge >= 0.3 is 11.8 Å². The van der Waals surface area contributed by atoms with Gasteiger partial charge in [0.15, 0.2) is 0 Å². The zero-order chi connectivity index (χ0) is 19.3. The molecule has 0 spiro atoms. The van der Waals surface area contributed by atoms with Crippen LogP contribution < -0.4 is 16.2 Å². The van der Waals surface area contributed by atoms with E-state index >= 15 is 0 Å². The molecule has 0 aromatic carbocycles. The third-order valence-electron chi connectivity index (χ3n) is 3.44. The number of anilines is 1. The van der Waals surface area contributed by atoms with Crippen LogP contribution in [0.1, 0.15) is 38.6 Å². The highest BCUT2D eigenvalue weighted by Crippen LogP contribution is 2.14. The third kappa shape index (κ3) is 5.01. The smallest absolute Gasteiger partial charge is 0.314 e. The van der Waals surface area contributed by atoms with Crippen LogP contribution in [0.25, 0.3) is 5.95 Å². The van der Waals surface area contributed by atoms with E-state index in [9.17, 15) is 14.4 Å². The lowest BCUT2D eigenvalue weighted by atomic mass is 10.2. The van der Waals surface area contributed by atoms with Crippen molar-refractivity contribution in [3.05, 3.63) is 33.9 Å². The number of amides is 2. The first-order chi connectivity index (χ1) is 12.3. The molecule has 0 fully saturated rings. The van der Waals surface area contributed by atoms with Crippen molar-refractivity contribution in [2.75, 3.05) is 11.9 Å². The van der Waals surface area contributed by atoms with E-state index in [4.69, 9.17) is 0 Å². The van der Waals surface area contributed by atoms with E-state index in [2.05, 4.69) is 25.7 Å². The second kappa shape index (κ2) is 8.41. The maximum Gasteiger partial charge on any atom is 0.314 e. The Labute approximate surface area is 151 Å². The third-order valence-corrected chi connectivity index (χ3v) is 3.44. The van der Waals surface area contributed by atoms with Gasteiger partial charge in [-0.2, -0.15) is 9.78 Å². The number of hydrogen-bond donors (Lipinski definition) is 3. The van der Waals surface area contributed by atoms with E-state index in [-0.39, 0.29) is 23.2 Å². The monoisotopic (exact) mass is 360 g/mol. The van der Waals surface area contributed by atoms with E-state index in [0.717, 1.165) is 6.42 Å². The molecule has 3 N–H and O–H groups in total. The summed E-state index contributed by atoms with van der Waals surface area (Å²) in [6.45, 7) is 7.99. The van der Waals surface area contributed by atoms with Gasteiger partial charge in [-0.3, -0.25) is 19.4 Å². The topological polar surface area (TPSA) is 122 Å². The molecule has 2 aromatic rings. The fraction of sp³-hybridized carbons (Fsp3) is 0.471. The second-order valence-electron chi connectivity index (χ2n) is 6.45. The average molecular weight is 360 g/mol. The minimum absolute atomic E-state index is 0.187. The number of rotatable bonds is 6. The Morgan fingerprint density at radius 2 is 2.00 bits per heavy atom. The standard InChI is InChI=1S/C17H24N6O3/c1-5-6-12-8-14(24)21-17(19-12)23-13(7-11(4)22-23)20-16(26)15(25)18-9-10(2)3/h7-8,10H,5-6,9H2,1-4H3,(H,18,25)(H,20,26)(H,19,21,24). The molecule has 9 nitrogen and oxygen atoms in total. The average Bonchev–Trinajstić information content (AvgIpc) is 2.92. The van der Waals surface area contributed by atoms with E-state index in [1.165, 1.54) is 10.7 Å². The van der Waals surface area contributed by atoms with Crippen molar-refractivity contribution < 1.29 is 9.59 Å². The van der Waals surface area contributed by atoms with Gasteiger partial charge in [0, 0.05) is 24.4 Å². The normalized spacial score (nSPS) is 10.8. The molecule has 0 saturated carbocycles. The van der Waals surface area contributed by atoms with Gasteiger partial charge in [-0.05, 0) is 19.3 Å². The van der Waals surface area contributed by atoms with Crippen molar-refractivity contribution in [2.45, 2.75) is 40.5 Å². The van der Waals surface area contributed by atoms with Crippen molar-refractivity contribution in [3.63, 3.8) is 0 Å². The van der Waals surface area contributed by atoms with Gasteiger partial charge in [-0.15, -0.1) is 0 Å². The first-order valence-electron chi connectivity index (χ1n) is 8.56. The Bertz CT molecular complexity index is 852. The van der Waals surface area contributed by atoms with Crippen molar-refractivity contribution in [3.8, 4) is 5.95 Å². The highest BCUT2D eigenvalue weighted by atomic mass is 16.2. The lowest BCUT2D eigenvalue weighted by Crippen LogP contribution is -2.37. The molecule has 0 radical (unpaired) electrons. The number of aromatic amines is 1. The molecule has 0 aliphatic rings. The molecular weight excluding hydrogens is 336 g/mol. The number of nitrogens with one attached hydrogen (secondary N) is 3. The van der Waals surface area contributed by atoms with Crippen molar-refractivity contribution in [1.29, 1.82) is 0 Å². The maximum absolute atomic E-state index is 12.1. The van der Waals surface area contributed by atoms with Crippen LogP contribution >= 0.6 is 0 Å². The van der Waals surface area contributed by atoms with Gasteiger partial charge in [-0.1, -0.05) is 27.2 Å². The summed E-state index contributed by atoms with van der Waals surface area (Å²) < 4.78 is 1.31. The number of carbonyl (C=O) groups is 2. The number of aromatic nitrogens is 4. The Hall–Kier alpha value is -2.97. The number of aryl methyl sites for hydroxylation is 2. The molecular formula is C17H24N6O3. The molecule has 9 heteroatoms. The molecule has 0 atom stereocenters. The van der Waals surface area contributed by atoms with Crippen LogP contribution in [0, 0.1) is 12.8 Å².